The summed E-state index contributed by atoms with van der Waals surface area (Å²) in [5, 5.41) is 3.70. The molecule has 2 unspecified atom stereocenters. The Kier molecular flexibility index (Phi) is 4.22. The molecule has 2 atom stereocenters. The van der Waals surface area contributed by atoms with Gasteiger partial charge in [-0.3, -0.25) is 0 Å². The van der Waals surface area contributed by atoms with Gasteiger partial charge in [-0.15, -0.1) is 0 Å². The molecule has 1 aliphatic heterocycles. The van der Waals surface area contributed by atoms with E-state index in [1.54, 1.807) is 0 Å². The standard InChI is InChI=1S/C16H25N/c1-12(2)15-9-7-14(8-10-15)11-16-6-4-5-13(3)17-16/h7-10,12-13,16-17H,4-6,11H2,1-3H3. The molecule has 1 aromatic carbocycles. The fraction of sp³-hybridized carbons (Fsp3) is 0.625. The largest absolute Gasteiger partial charge is 0.311 e. The van der Waals surface area contributed by atoms with E-state index in [-0.39, 0.29) is 0 Å². The van der Waals surface area contributed by atoms with Gasteiger partial charge in [0.15, 0.2) is 0 Å². The van der Waals surface area contributed by atoms with Crippen LogP contribution in [0.5, 0.6) is 0 Å². The van der Waals surface area contributed by atoms with Gasteiger partial charge in [-0.25, -0.2) is 0 Å². The quantitative estimate of drug-likeness (QED) is 0.832. The van der Waals surface area contributed by atoms with Gasteiger partial charge in [-0.2, -0.15) is 0 Å². The molecule has 94 valence electrons. The molecule has 2 rings (SSSR count). The Bertz CT molecular complexity index is 339. The van der Waals surface area contributed by atoms with E-state index in [0.29, 0.717) is 18.0 Å². The average Bonchev–Trinajstić information content (AvgIpc) is 2.29. The summed E-state index contributed by atoms with van der Waals surface area (Å²) in [6.07, 6.45) is 5.23. The highest BCUT2D eigenvalue weighted by atomic mass is 15.0. The lowest BCUT2D eigenvalue weighted by Crippen LogP contribution is -2.41. The lowest BCUT2D eigenvalue weighted by atomic mass is 9.93. The van der Waals surface area contributed by atoms with Crippen molar-refractivity contribution in [1.29, 1.82) is 0 Å². The molecule has 0 radical (unpaired) electrons. The maximum atomic E-state index is 3.70. The summed E-state index contributed by atoms with van der Waals surface area (Å²) in [5.41, 5.74) is 2.92. The molecule has 1 nitrogen and oxygen atoms in total. The Morgan fingerprint density at radius 3 is 2.47 bits per heavy atom. The van der Waals surface area contributed by atoms with E-state index in [2.05, 4.69) is 50.4 Å². The average molecular weight is 231 g/mol. The summed E-state index contributed by atoms with van der Waals surface area (Å²) in [7, 11) is 0. The summed E-state index contributed by atoms with van der Waals surface area (Å²) in [5.74, 6) is 0.636. The molecule has 17 heavy (non-hydrogen) atoms. The third-order valence-electron chi connectivity index (χ3n) is 3.84. The maximum absolute atomic E-state index is 3.70. The van der Waals surface area contributed by atoms with Gasteiger partial charge in [-0.05, 0) is 43.2 Å². The van der Waals surface area contributed by atoms with E-state index >= 15 is 0 Å². The number of benzene rings is 1. The van der Waals surface area contributed by atoms with Gasteiger partial charge in [0.25, 0.3) is 0 Å². The monoisotopic (exact) mass is 231 g/mol. The molecule has 0 bridgehead atoms. The first kappa shape index (κ1) is 12.6. The number of piperidine rings is 1. The van der Waals surface area contributed by atoms with Crippen LogP contribution in [-0.2, 0) is 6.42 Å². The molecule has 1 saturated heterocycles. The smallest absolute Gasteiger partial charge is 0.0110 e. The number of hydrogen-bond acceptors (Lipinski definition) is 1. The maximum Gasteiger partial charge on any atom is 0.0110 e. The lowest BCUT2D eigenvalue weighted by Gasteiger charge is -2.29. The first-order valence-corrected chi connectivity index (χ1v) is 7.00. The van der Waals surface area contributed by atoms with Crippen molar-refractivity contribution in [2.75, 3.05) is 0 Å². The Morgan fingerprint density at radius 1 is 1.18 bits per heavy atom. The van der Waals surface area contributed by atoms with Crippen molar-refractivity contribution in [2.45, 2.75) is 64.5 Å². The minimum Gasteiger partial charge on any atom is -0.311 e. The predicted molar refractivity (Wildman–Crippen MR) is 74.5 cm³/mol. The van der Waals surface area contributed by atoms with Crippen LogP contribution in [-0.4, -0.2) is 12.1 Å². The Hall–Kier alpha value is -0.820. The molecule has 0 aliphatic carbocycles. The van der Waals surface area contributed by atoms with Crippen LogP contribution >= 0.6 is 0 Å². The Morgan fingerprint density at radius 2 is 1.88 bits per heavy atom. The second kappa shape index (κ2) is 5.68. The predicted octanol–water partition coefficient (Wildman–Crippen LogP) is 3.88. The van der Waals surface area contributed by atoms with Crippen LogP contribution in [0.3, 0.4) is 0 Å². The summed E-state index contributed by atoms with van der Waals surface area (Å²) >= 11 is 0. The van der Waals surface area contributed by atoms with Crippen LogP contribution in [0, 0.1) is 0 Å². The second-order valence-electron chi connectivity index (χ2n) is 5.80. The lowest BCUT2D eigenvalue weighted by molar-refractivity contribution is 0.333. The zero-order valence-corrected chi connectivity index (χ0v) is 11.4. The molecular formula is C16H25N. The molecule has 1 heterocycles. The van der Waals surface area contributed by atoms with Crippen molar-refractivity contribution in [3.05, 3.63) is 35.4 Å². The fourth-order valence-electron chi connectivity index (χ4n) is 2.72. The normalized spacial score (nSPS) is 25.2. The molecule has 1 fully saturated rings. The minimum absolute atomic E-state index is 0.636. The third-order valence-corrected chi connectivity index (χ3v) is 3.84. The van der Waals surface area contributed by atoms with E-state index < -0.39 is 0 Å². The molecule has 1 heteroatoms. The Balaban J connectivity index is 1.94. The number of nitrogens with one attached hydrogen (secondary N) is 1. The first-order valence-electron chi connectivity index (χ1n) is 7.00. The molecule has 0 saturated carbocycles. The van der Waals surface area contributed by atoms with Crippen molar-refractivity contribution >= 4 is 0 Å². The second-order valence-corrected chi connectivity index (χ2v) is 5.80. The molecule has 0 amide bonds. The van der Waals surface area contributed by atoms with Gasteiger partial charge in [0.2, 0.25) is 0 Å². The summed E-state index contributed by atoms with van der Waals surface area (Å²) in [4.78, 5) is 0. The van der Waals surface area contributed by atoms with Crippen molar-refractivity contribution in [3.63, 3.8) is 0 Å². The topological polar surface area (TPSA) is 12.0 Å². The van der Waals surface area contributed by atoms with Gasteiger partial charge in [0, 0.05) is 12.1 Å². The van der Waals surface area contributed by atoms with E-state index in [1.807, 2.05) is 0 Å². The van der Waals surface area contributed by atoms with Crippen molar-refractivity contribution in [3.8, 4) is 0 Å². The van der Waals surface area contributed by atoms with Gasteiger partial charge in [0.1, 0.15) is 0 Å². The first-order chi connectivity index (χ1) is 8.15. The van der Waals surface area contributed by atoms with E-state index in [1.165, 1.54) is 36.8 Å². The van der Waals surface area contributed by atoms with Gasteiger partial charge in [0.05, 0.1) is 0 Å². The van der Waals surface area contributed by atoms with E-state index in [9.17, 15) is 0 Å². The van der Waals surface area contributed by atoms with Crippen LogP contribution in [0.1, 0.15) is 57.1 Å². The minimum atomic E-state index is 0.636. The van der Waals surface area contributed by atoms with Crippen LogP contribution < -0.4 is 5.32 Å². The fourth-order valence-corrected chi connectivity index (χ4v) is 2.72. The van der Waals surface area contributed by atoms with Crippen molar-refractivity contribution in [1.82, 2.24) is 5.32 Å². The molecule has 0 spiro atoms. The van der Waals surface area contributed by atoms with Gasteiger partial charge in [-0.1, -0.05) is 44.5 Å². The zero-order chi connectivity index (χ0) is 12.3. The van der Waals surface area contributed by atoms with Crippen LogP contribution in [0.25, 0.3) is 0 Å². The van der Waals surface area contributed by atoms with E-state index in [0.717, 1.165) is 0 Å². The third kappa shape index (κ3) is 3.57. The summed E-state index contributed by atoms with van der Waals surface area (Å²) in [6.45, 7) is 6.80. The van der Waals surface area contributed by atoms with Crippen LogP contribution in [0.4, 0.5) is 0 Å². The molecule has 1 N–H and O–H groups in total. The van der Waals surface area contributed by atoms with Crippen LogP contribution in [0.15, 0.2) is 24.3 Å². The summed E-state index contributed by atoms with van der Waals surface area (Å²) in [6, 6.07) is 10.6. The highest BCUT2D eigenvalue weighted by Gasteiger charge is 2.17. The molecule has 0 aromatic heterocycles. The molecule has 1 aromatic rings. The van der Waals surface area contributed by atoms with Gasteiger partial charge >= 0.3 is 0 Å². The highest BCUT2D eigenvalue weighted by molar-refractivity contribution is 5.25. The Labute approximate surface area is 106 Å². The van der Waals surface area contributed by atoms with Gasteiger partial charge < -0.3 is 5.32 Å². The van der Waals surface area contributed by atoms with E-state index in [4.69, 9.17) is 0 Å². The van der Waals surface area contributed by atoms with Crippen molar-refractivity contribution < 1.29 is 0 Å². The molecule has 1 aliphatic rings. The zero-order valence-electron chi connectivity index (χ0n) is 11.4. The highest BCUT2D eigenvalue weighted by Crippen LogP contribution is 2.19. The summed E-state index contributed by atoms with van der Waals surface area (Å²) < 4.78 is 0. The number of rotatable bonds is 3. The molecular weight excluding hydrogens is 206 g/mol. The van der Waals surface area contributed by atoms with Crippen LogP contribution in [0.2, 0.25) is 0 Å². The van der Waals surface area contributed by atoms with Crippen molar-refractivity contribution in [2.24, 2.45) is 0 Å². The SMILES string of the molecule is CC1CCCC(Cc2ccc(C(C)C)cc2)N1. The number of hydrogen-bond donors (Lipinski definition) is 1.